The number of nitrogens with zero attached hydrogens (tertiary/aromatic N) is 1. The van der Waals surface area contributed by atoms with Crippen LogP contribution in [-0.4, -0.2) is 35.2 Å². The SMILES string of the molecule is OB(O)c1ccccc1CN1CCC(c2ccccc2)C1. The number of hydrogen-bond acceptors (Lipinski definition) is 3. The van der Waals surface area contributed by atoms with Crippen molar-refractivity contribution in [1.82, 2.24) is 4.90 Å². The minimum Gasteiger partial charge on any atom is -0.423 e. The van der Waals surface area contributed by atoms with Crippen molar-refractivity contribution >= 4 is 12.6 Å². The highest BCUT2D eigenvalue weighted by atomic mass is 16.4. The molecule has 1 aliphatic heterocycles. The van der Waals surface area contributed by atoms with Gasteiger partial charge in [0.05, 0.1) is 0 Å². The monoisotopic (exact) mass is 281 g/mol. The first kappa shape index (κ1) is 14.3. The van der Waals surface area contributed by atoms with Crippen LogP contribution < -0.4 is 5.46 Å². The van der Waals surface area contributed by atoms with Gasteiger partial charge in [0.15, 0.2) is 0 Å². The van der Waals surface area contributed by atoms with Crippen LogP contribution in [0.5, 0.6) is 0 Å². The second-order valence-corrected chi connectivity index (χ2v) is 5.70. The smallest absolute Gasteiger partial charge is 0.423 e. The third kappa shape index (κ3) is 3.35. The van der Waals surface area contributed by atoms with Crippen LogP contribution in [0.25, 0.3) is 0 Å². The van der Waals surface area contributed by atoms with Crippen LogP contribution in [0.3, 0.4) is 0 Å². The highest BCUT2D eigenvalue weighted by molar-refractivity contribution is 6.59. The van der Waals surface area contributed by atoms with Crippen molar-refractivity contribution in [2.45, 2.75) is 18.9 Å². The summed E-state index contributed by atoms with van der Waals surface area (Å²) in [5.41, 5.74) is 3.01. The Morgan fingerprint density at radius 2 is 1.71 bits per heavy atom. The molecular weight excluding hydrogens is 261 g/mol. The fraction of sp³-hybridized carbons (Fsp3) is 0.294. The van der Waals surface area contributed by atoms with Gasteiger partial charge in [-0.05, 0) is 35.5 Å². The largest absolute Gasteiger partial charge is 0.488 e. The summed E-state index contributed by atoms with van der Waals surface area (Å²) in [6, 6.07) is 18.2. The number of benzene rings is 2. The zero-order valence-corrected chi connectivity index (χ0v) is 12.0. The predicted octanol–water partition coefficient (Wildman–Crippen LogP) is 1.36. The molecule has 1 aliphatic rings. The molecule has 0 aliphatic carbocycles. The van der Waals surface area contributed by atoms with Gasteiger partial charge < -0.3 is 10.0 Å². The number of likely N-dealkylation sites (tertiary alicyclic amines) is 1. The lowest BCUT2D eigenvalue weighted by molar-refractivity contribution is 0.327. The third-order valence-electron chi connectivity index (χ3n) is 4.27. The molecule has 108 valence electrons. The first-order valence-corrected chi connectivity index (χ1v) is 7.45. The van der Waals surface area contributed by atoms with Crippen molar-refractivity contribution < 1.29 is 10.0 Å². The first-order valence-electron chi connectivity index (χ1n) is 7.45. The second kappa shape index (κ2) is 6.44. The summed E-state index contributed by atoms with van der Waals surface area (Å²) in [4.78, 5) is 2.39. The molecule has 3 rings (SSSR count). The maximum Gasteiger partial charge on any atom is 0.488 e. The summed E-state index contributed by atoms with van der Waals surface area (Å²) < 4.78 is 0. The highest BCUT2D eigenvalue weighted by Crippen LogP contribution is 2.27. The van der Waals surface area contributed by atoms with Crippen LogP contribution in [0.15, 0.2) is 54.6 Å². The Balaban J connectivity index is 1.68. The normalized spacial score (nSPS) is 18.9. The molecule has 1 fully saturated rings. The molecule has 1 saturated heterocycles. The molecule has 0 aromatic heterocycles. The Morgan fingerprint density at radius 3 is 2.48 bits per heavy atom. The Labute approximate surface area is 126 Å². The van der Waals surface area contributed by atoms with E-state index in [1.54, 1.807) is 6.07 Å². The Hall–Kier alpha value is -1.62. The molecule has 1 unspecified atom stereocenters. The van der Waals surface area contributed by atoms with Crippen LogP contribution in [0, 0.1) is 0 Å². The topological polar surface area (TPSA) is 43.7 Å². The summed E-state index contributed by atoms with van der Waals surface area (Å²) in [5.74, 6) is 0.581. The van der Waals surface area contributed by atoms with Gasteiger partial charge >= 0.3 is 7.12 Å². The third-order valence-corrected chi connectivity index (χ3v) is 4.27. The zero-order chi connectivity index (χ0) is 14.7. The molecule has 0 spiro atoms. The molecule has 0 saturated carbocycles. The lowest BCUT2D eigenvalue weighted by Crippen LogP contribution is -2.35. The van der Waals surface area contributed by atoms with E-state index in [-0.39, 0.29) is 0 Å². The van der Waals surface area contributed by atoms with Gasteiger partial charge in [-0.15, -0.1) is 0 Å². The van der Waals surface area contributed by atoms with E-state index in [1.807, 2.05) is 18.2 Å². The van der Waals surface area contributed by atoms with E-state index in [9.17, 15) is 10.0 Å². The van der Waals surface area contributed by atoms with Gasteiger partial charge in [0.25, 0.3) is 0 Å². The molecule has 1 atom stereocenters. The fourth-order valence-corrected chi connectivity index (χ4v) is 3.14. The summed E-state index contributed by atoms with van der Waals surface area (Å²) in [6.45, 7) is 2.85. The van der Waals surface area contributed by atoms with Crippen molar-refractivity contribution in [3.05, 3.63) is 65.7 Å². The second-order valence-electron chi connectivity index (χ2n) is 5.70. The van der Waals surface area contributed by atoms with E-state index >= 15 is 0 Å². The molecule has 1 heterocycles. The quantitative estimate of drug-likeness (QED) is 0.832. The molecular formula is C17H20BNO2. The van der Waals surface area contributed by atoms with Crippen LogP contribution >= 0.6 is 0 Å². The maximum absolute atomic E-state index is 9.45. The summed E-state index contributed by atoms with van der Waals surface area (Å²) in [5, 5.41) is 18.9. The van der Waals surface area contributed by atoms with Gasteiger partial charge in [-0.3, -0.25) is 4.90 Å². The molecule has 0 bridgehead atoms. The summed E-state index contributed by atoms with van der Waals surface area (Å²) in [6.07, 6.45) is 1.16. The lowest BCUT2D eigenvalue weighted by atomic mass is 9.77. The minimum absolute atomic E-state index is 0.581. The van der Waals surface area contributed by atoms with Crippen molar-refractivity contribution in [3.8, 4) is 0 Å². The minimum atomic E-state index is -1.39. The average Bonchev–Trinajstić information content (AvgIpc) is 2.97. The van der Waals surface area contributed by atoms with Gasteiger partial charge in [-0.25, -0.2) is 0 Å². The average molecular weight is 281 g/mol. The van der Waals surface area contributed by atoms with E-state index in [2.05, 4.69) is 35.2 Å². The Morgan fingerprint density at radius 1 is 1.00 bits per heavy atom. The van der Waals surface area contributed by atoms with Gasteiger partial charge in [0.2, 0.25) is 0 Å². The molecule has 4 heteroatoms. The van der Waals surface area contributed by atoms with Crippen molar-refractivity contribution in [2.75, 3.05) is 13.1 Å². The molecule has 2 N–H and O–H groups in total. The molecule has 2 aromatic rings. The first-order chi connectivity index (χ1) is 10.2. The van der Waals surface area contributed by atoms with E-state index in [0.717, 1.165) is 31.6 Å². The van der Waals surface area contributed by atoms with Gasteiger partial charge in [-0.2, -0.15) is 0 Å². The zero-order valence-electron chi connectivity index (χ0n) is 12.0. The van der Waals surface area contributed by atoms with Crippen LogP contribution in [0.4, 0.5) is 0 Å². The van der Waals surface area contributed by atoms with Crippen molar-refractivity contribution in [3.63, 3.8) is 0 Å². The Bertz CT molecular complexity index is 588. The predicted molar refractivity (Wildman–Crippen MR) is 85.3 cm³/mol. The van der Waals surface area contributed by atoms with Crippen LogP contribution in [-0.2, 0) is 6.54 Å². The van der Waals surface area contributed by atoms with Crippen LogP contribution in [0.1, 0.15) is 23.5 Å². The van der Waals surface area contributed by atoms with E-state index in [0.29, 0.717) is 11.4 Å². The molecule has 0 amide bonds. The van der Waals surface area contributed by atoms with Gasteiger partial charge in [0, 0.05) is 13.1 Å². The Kier molecular flexibility index (Phi) is 4.39. The fourth-order valence-electron chi connectivity index (χ4n) is 3.14. The van der Waals surface area contributed by atoms with E-state index in [4.69, 9.17) is 0 Å². The maximum atomic E-state index is 9.45. The number of hydrogen-bond donors (Lipinski definition) is 2. The summed E-state index contributed by atoms with van der Waals surface area (Å²) in [7, 11) is -1.39. The molecule has 2 aromatic carbocycles. The van der Waals surface area contributed by atoms with Crippen molar-refractivity contribution in [2.24, 2.45) is 0 Å². The van der Waals surface area contributed by atoms with E-state index < -0.39 is 7.12 Å². The van der Waals surface area contributed by atoms with Crippen LogP contribution in [0.2, 0.25) is 0 Å². The molecule has 3 nitrogen and oxygen atoms in total. The summed E-state index contributed by atoms with van der Waals surface area (Å²) >= 11 is 0. The molecule has 21 heavy (non-hydrogen) atoms. The highest BCUT2D eigenvalue weighted by Gasteiger charge is 2.25. The van der Waals surface area contributed by atoms with E-state index in [1.165, 1.54) is 5.56 Å². The van der Waals surface area contributed by atoms with Gasteiger partial charge in [0.1, 0.15) is 0 Å². The lowest BCUT2D eigenvalue weighted by Gasteiger charge is -2.18. The number of rotatable bonds is 4. The molecule has 0 radical (unpaired) electrons. The van der Waals surface area contributed by atoms with Crippen molar-refractivity contribution in [1.29, 1.82) is 0 Å². The standard InChI is InChI=1S/C17H20BNO2/c20-18(21)17-9-5-4-8-16(17)13-19-11-10-15(12-19)14-6-2-1-3-7-14/h1-9,15,20-21H,10-13H2. The van der Waals surface area contributed by atoms with Gasteiger partial charge in [-0.1, -0.05) is 54.6 Å².